The van der Waals surface area contributed by atoms with Gasteiger partial charge in [-0.05, 0) is 31.5 Å². The second kappa shape index (κ2) is 7.13. The SMILES string of the molecule is CN(C(=O)c1ccccc1C(F)(F)F)[C@@H]1CCCNC1.Cl. The molecule has 0 radical (unpaired) electrons. The van der Waals surface area contributed by atoms with Crippen LogP contribution in [-0.4, -0.2) is 37.0 Å². The number of likely N-dealkylation sites (N-methyl/N-ethyl adjacent to an activating group) is 1. The van der Waals surface area contributed by atoms with Crippen LogP contribution in [0.2, 0.25) is 0 Å². The summed E-state index contributed by atoms with van der Waals surface area (Å²) in [5.74, 6) is -0.577. The lowest BCUT2D eigenvalue weighted by Gasteiger charge is -2.32. The fourth-order valence-corrected chi connectivity index (χ4v) is 2.44. The molecule has 1 amide bonds. The van der Waals surface area contributed by atoms with Gasteiger partial charge < -0.3 is 10.2 Å². The number of piperidine rings is 1. The number of hydrogen-bond donors (Lipinski definition) is 1. The molecule has 3 nitrogen and oxygen atoms in total. The summed E-state index contributed by atoms with van der Waals surface area (Å²) >= 11 is 0. The van der Waals surface area contributed by atoms with E-state index in [0.717, 1.165) is 25.5 Å². The summed E-state index contributed by atoms with van der Waals surface area (Å²) in [5, 5.41) is 3.15. The largest absolute Gasteiger partial charge is 0.417 e. The summed E-state index contributed by atoms with van der Waals surface area (Å²) in [4.78, 5) is 13.7. The van der Waals surface area contributed by atoms with E-state index < -0.39 is 17.6 Å². The van der Waals surface area contributed by atoms with Crippen LogP contribution in [-0.2, 0) is 6.18 Å². The summed E-state index contributed by atoms with van der Waals surface area (Å²) in [7, 11) is 1.56. The monoisotopic (exact) mass is 322 g/mol. The molecule has 0 unspecified atom stereocenters. The van der Waals surface area contributed by atoms with Gasteiger partial charge in [-0.3, -0.25) is 4.79 Å². The smallest absolute Gasteiger partial charge is 0.337 e. The van der Waals surface area contributed by atoms with Gasteiger partial charge in [0.2, 0.25) is 0 Å². The van der Waals surface area contributed by atoms with Crippen LogP contribution in [0.15, 0.2) is 24.3 Å². The molecule has 0 saturated carbocycles. The highest BCUT2D eigenvalue weighted by Crippen LogP contribution is 2.32. The molecule has 1 aromatic rings. The van der Waals surface area contributed by atoms with Crippen LogP contribution in [0.1, 0.15) is 28.8 Å². The Kier molecular flexibility index (Phi) is 6.04. The maximum absolute atomic E-state index is 12.9. The van der Waals surface area contributed by atoms with Crippen molar-refractivity contribution in [2.45, 2.75) is 25.1 Å². The fourth-order valence-electron chi connectivity index (χ4n) is 2.44. The highest BCUT2D eigenvalue weighted by atomic mass is 35.5. The van der Waals surface area contributed by atoms with Gasteiger partial charge in [0.1, 0.15) is 0 Å². The Morgan fingerprint density at radius 1 is 1.33 bits per heavy atom. The number of rotatable bonds is 2. The minimum Gasteiger partial charge on any atom is -0.337 e. The molecule has 0 aliphatic carbocycles. The normalized spacial score (nSPS) is 18.8. The maximum atomic E-state index is 12.9. The van der Waals surface area contributed by atoms with E-state index in [9.17, 15) is 18.0 Å². The van der Waals surface area contributed by atoms with E-state index in [0.29, 0.717) is 6.54 Å². The second-order valence-corrected chi connectivity index (χ2v) is 4.96. The van der Waals surface area contributed by atoms with Gasteiger partial charge in [0.15, 0.2) is 0 Å². The third-order valence-corrected chi connectivity index (χ3v) is 3.60. The second-order valence-electron chi connectivity index (χ2n) is 4.96. The average Bonchev–Trinajstić information content (AvgIpc) is 2.46. The lowest BCUT2D eigenvalue weighted by atomic mass is 10.0. The number of carbonyl (C=O) groups excluding carboxylic acids is 1. The summed E-state index contributed by atoms with van der Waals surface area (Å²) in [6.07, 6.45) is -2.79. The van der Waals surface area contributed by atoms with Crippen LogP contribution in [0.5, 0.6) is 0 Å². The van der Waals surface area contributed by atoms with E-state index in [-0.39, 0.29) is 24.0 Å². The third-order valence-electron chi connectivity index (χ3n) is 3.60. The molecule has 0 bridgehead atoms. The van der Waals surface area contributed by atoms with E-state index in [1.807, 2.05) is 0 Å². The summed E-state index contributed by atoms with van der Waals surface area (Å²) in [5.41, 5.74) is -1.16. The number of halogens is 4. The first-order chi connectivity index (χ1) is 9.41. The van der Waals surface area contributed by atoms with Gasteiger partial charge in [-0.15, -0.1) is 12.4 Å². The van der Waals surface area contributed by atoms with Crippen LogP contribution in [0.4, 0.5) is 13.2 Å². The summed E-state index contributed by atoms with van der Waals surface area (Å²) < 4.78 is 38.8. The lowest BCUT2D eigenvalue weighted by Crippen LogP contribution is -2.47. The minimum atomic E-state index is -4.52. The Morgan fingerprint density at radius 2 is 2.00 bits per heavy atom. The molecule has 0 aromatic heterocycles. The Morgan fingerprint density at radius 3 is 2.57 bits per heavy atom. The van der Waals surface area contributed by atoms with Crippen LogP contribution in [0.3, 0.4) is 0 Å². The van der Waals surface area contributed by atoms with Crippen LogP contribution in [0.25, 0.3) is 0 Å². The first-order valence-corrected chi connectivity index (χ1v) is 6.55. The zero-order valence-corrected chi connectivity index (χ0v) is 12.4. The van der Waals surface area contributed by atoms with E-state index in [2.05, 4.69) is 5.32 Å². The zero-order valence-electron chi connectivity index (χ0n) is 11.6. The predicted octanol–water partition coefficient (Wildman–Crippen LogP) is 2.95. The number of nitrogens with one attached hydrogen (secondary N) is 1. The number of hydrogen-bond acceptors (Lipinski definition) is 2. The molecule has 1 heterocycles. The van der Waals surface area contributed by atoms with Crippen molar-refractivity contribution in [1.82, 2.24) is 10.2 Å². The number of benzene rings is 1. The van der Waals surface area contributed by atoms with Gasteiger partial charge in [-0.2, -0.15) is 13.2 Å². The van der Waals surface area contributed by atoms with Crippen molar-refractivity contribution in [3.63, 3.8) is 0 Å². The van der Waals surface area contributed by atoms with E-state index in [1.54, 1.807) is 7.05 Å². The molecule has 0 spiro atoms. The molecule has 1 aliphatic rings. The number of alkyl halides is 3. The van der Waals surface area contributed by atoms with Gasteiger partial charge in [-0.1, -0.05) is 12.1 Å². The fraction of sp³-hybridized carbons (Fsp3) is 0.500. The van der Waals surface area contributed by atoms with Gasteiger partial charge in [0.25, 0.3) is 5.91 Å². The third kappa shape index (κ3) is 4.11. The number of amides is 1. The molecule has 1 aromatic carbocycles. The first kappa shape index (κ1) is 17.8. The quantitative estimate of drug-likeness (QED) is 0.908. The van der Waals surface area contributed by atoms with Crippen LogP contribution in [0, 0.1) is 0 Å². The Labute approximate surface area is 127 Å². The number of nitrogens with zero attached hydrogens (tertiary/aromatic N) is 1. The highest BCUT2D eigenvalue weighted by molar-refractivity contribution is 5.96. The van der Waals surface area contributed by atoms with E-state index >= 15 is 0 Å². The van der Waals surface area contributed by atoms with E-state index in [4.69, 9.17) is 0 Å². The molecular formula is C14H18ClF3N2O. The summed E-state index contributed by atoms with van der Waals surface area (Å²) in [6, 6.07) is 4.87. The van der Waals surface area contributed by atoms with Crippen molar-refractivity contribution in [1.29, 1.82) is 0 Å². The van der Waals surface area contributed by atoms with Crippen molar-refractivity contribution >= 4 is 18.3 Å². The Balaban J connectivity index is 0.00000220. The molecule has 2 rings (SSSR count). The van der Waals surface area contributed by atoms with Gasteiger partial charge in [-0.25, -0.2) is 0 Å². The average molecular weight is 323 g/mol. The molecule has 7 heteroatoms. The first-order valence-electron chi connectivity index (χ1n) is 6.55. The maximum Gasteiger partial charge on any atom is 0.417 e. The molecule has 21 heavy (non-hydrogen) atoms. The van der Waals surface area contributed by atoms with Crippen molar-refractivity contribution < 1.29 is 18.0 Å². The molecule has 118 valence electrons. The minimum absolute atomic E-state index is 0. The van der Waals surface area contributed by atoms with Crippen molar-refractivity contribution in [3.8, 4) is 0 Å². The lowest BCUT2D eigenvalue weighted by molar-refractivity contribution is -0.138. The topological polar surface area (TPSA) is 32.3 Å². The highest BCUT2D eigenvalue weighted by Gasteiger charge is 2.36. The molecule has 1 aliphatic heterocycles. The van der Waals surface area contributed by atoms with Crippen LogP contribution >= 0.6 is 12.4 Å². The molecule has 1 atom stereocenters. The number of carbonyl (C=O) groups is 1. The van der Waals surface area contributed by atoms with Crippen molar-refractivity contribution in [3.05, 3.63) is 35.4 Å². The molecule has 1 fully saturated rings. The standard InChI is InChI=1S/C14H17F3N2O.ClH/c1-19(10-5-4-8-18-9-10)13(20)11-6-2-3-7-12(11)14(15,16)17;/h2-3,6-7,10,18H,4-5,8-9H2,1H3;1H/t10-;/m1./s1. The Bertz CT molecular complexity index is 487. The van der Waals surface area contributed by atoms with Gasteiger partial charge >= 0.3 is 6.18 Å². The van der Waals surface area contributed by atoms with Gasteiger partial charge in [0.05, 0.1) is 11.1 Å². The molecule has 1 N–H and O–H groups in total. The van der Waals surface area contributed by atoms with Crippen LogP contribution < -0.4 is 5.32 Å². The summed E-state index contributed by atoms with van der Waals surface area (Å²) in [6.45, 7) is 1.51. The van der Waals surface area contributed by atoms with E-state index in [1.165, 1.54) is 23.1 Å². The van der Waals surface area contributed by atoms with Gasteiger partial charge in [0, 0.05) is 19.6 Å². The van der Waals surface area contributed by atoms with Crippen molar-refractivity contribution in [2.75, 3.05) is 20.1 Å². The Hall–Kier alpha value is -1.27. The predicted molar refractivity (Wildman–Crippen MR) is 76.7 cm³/mol. The molecule has 1 saturated heterocycles. The zero-order chi connectivity index (χ0) is 14.8. The van der Waals surface area contributed by atoms with Crippen molar-refractivity contribution in [2.24, 2.45) is 0 Å². The molecular weight excluding hydrogens is 305 g/mol.